The number of ether oxygens (including phenoxy) is 1. The van der Waals surface area contributed by atoms with Crippen molar-refractivity contribution < 1.29 is 9.53 Å². The molecule has 4 rings (SSSR count). The number of hydrogen-bond acceptors (Lipinski definition) is 9. The van der Waals surface area contributed by atoms with Crippen LogP contribution in [0.15, 0.2) is 43.1 Å². The van der Waals surface area contributed by atoms with Gasteiger partial charge in [-0.05, 0) is 26.8 Å². The van der Waals surface area contributed by atoms with E-state index in [9.17, 15) is 4.79 Å². The van der Waals surface area contributed by atoms with Gasteiger partial charge < -0.3 is 14.6 Å². The van der Waals surface area contributed by atoms with Crippen molar-refractivity contribution in [1.29, 1.82) is 0 Å². The van der Waals surface area contributed by atoms with E-state index >= 15 is 0 Å². The van der Waals surface area contributed by atoms with E-state index in [0.717, 1.165) is 17.0 Å². The van der Waals surface area contributed by atoms with E-state index in [4.69, 9.17) is 4.74 Å². The number of anilines is 2. The van der Waals surface area contributed by atoms with Gasteiger partial charge in [-0.2, -0.15) is 25.1 Å². The molecule has 1 aliphatic rings. The molecule has 30 heavy (non-hydrogen) atoms. The highest BCUT2D eigenvalue weighted by Gasteiger charge is 2.37. The molecule has 0 spiro atoms. The van der Waals surface area contributed by atoms with Gasteiger partial charge in [0, 0.05) is 6.20 Å². The van der Waals surface area contributed by atoms with Crippen molar-refractivity contribution in [3.05, 3.63) is 54.7 Å². The molecule has 1 aliphatic heterocycles. The van der Waals surface area contributed by atoms with Crippen LogP contribution in [0.2, 0.25) is 0 Å². The number of nitrogens with one attached hydrogen (secondary N) is 1. The van der Waals surface area contributed by atoms with Crippen molar-refractivity contribution >= 4 is 18.0 Å². The minimum Gasteiger partial charge on any atom is -0.447 e. The predicted molar refractivity (Wildman–Crippen MR) is 108 cm³/mol. The lowest BCUT2D eigenvalue weighted by atomic mass is 10.1. The molecule has 1 saturated heterocycles. The summed E-state index contributed by atoms with van der Waals surface area (Å²) in [5.41, 5.74) is 2.43. The van der Waals surface area contributed by atoms with E-state index in [1.54, 1.807) is 25.6 Å². The fourth-order valence-electron chi connectivity index (χ4n) is 3.05. The maximum atomic E-state index is 12.2. The molecule has 2 atom stereocenters. The molecular weight excluding hydrogens is 386 g/mol. The van der Waals surface area contributed by atoms with E-state index in [-0.39, 0.29) is 24.6 Å². The molecule has 11 nitrogen and oxygen atoms in total. The van der Waals surface area contributed by atoms with Gasteiger partial charge in [-0.25, -0.2) is 14.7 Å². The molecule has 1 fully saturated rings. The molecule has 0 radical (unpaired) electrons. The van der Waals surface area contributed by atoms with Crippen molar-refractivity contribution in [1.82, 2.24) is 34.7 Å². The van der Waals surface area contributed by atoms with Crippen molar-refractivity contribution in [3.8, 4) is 5.69 Å². The summed E-state index contributed by atoms with van der Waals surface area (Å²) in [6.45, 7) is 9.67. The fraction of sp³-hybridized carbons (Fsp3) is 0.316. The minimum atomic E-state index is -0.502. The molecule has 1 N–H and O–H groups in total. The fourth-order valence-corrected chi connectivity index (χ4v) is 3.05. The zero-order chi connectivity index (χ0) is 21.3. The summed E-state index contributed by atoms with van der Waals surface area (Å²) in [7, 11) is 0. The summed E-state index contributed by atoms with van der Waals surface area (Å²) in [5, 5.41) is 10.9. The Morgan fingerprint density at radius 3 is 2.90 bits per heavy atom. The number of aryl methyl sites for hydroxylation is 1. The second-order valence-corrected chi connectivity index (χ2v) is 6.99. The molecule has 0 saturated carbocycles. The van der Waals surface area contributed by atoms with Gasteiger partial charge in [0.15, 0.2) is 0 Å². The Morgan fingerprint density at radius 1 is 1.33 bits per heavy atom. The molecule has 0 aromatic carbocycles. The number of aromatic nitrogens is 7. The van der Waals surface area contributed by atoms with Gasteiger partial charge in [0.1, 0.15) is 12.4 Å². The van der Waals surface area contributed by atoms with Crippen LogP contribution in [0.25, 0.3) is 5.69 Å². The highest BCUT2D eigenvalue weighted by atomic mass is 16.6. The van der Waals surface area contributed by atoms with E-state index in [1.165, 1.54) is 4.90 Å². The molecular formula is C19H21N9O2. The van der Waals surface area contributed by atoms with Gasteiger partial charge in [-0.15, -0.1) is 0 Å². The number of imidazole rings is 1. The highest BCUT2D eigenvalue weighted by molar-refractivity contribution is 5.89. The van der Waals surface area contributed by atoms with Gasteiger partial charge in [-0.1, -0.05) is 12.2 Å². The van der Waals surface area contributed by atoms with Crippen LogP contribution in [0.5, 0.6) is 0 Å². The number of carbonyl (C=O) groups excluding carboxylic acids is 1. The van der Waals surface area contributed by atoms with Crippen LogP contribution >= 0.6 is 0 Å². The molecule has 154 valence electrons. The zero-order valence-electron chi connectivity index (χ0n) is 16.8. The molecule has 3 aromatic rings. The van der Waals surface area contributed by atoms with E-state index < -0.39 is 6.09 Å². The van der Waals surface area contributed by atoms with E-state index in [1.807, 2.05) is 30.7 Å². The first-order chi connectivity index (χ1) is 14.4. The number of rotatable bonds is 6. The molecule has 11 heteroatoms. The smallest absolute Gasteiger partial charge is 0.417 e. The van der Waals surface area contributed by atoms with Gasteiger partial charge in [0.25, 0.3) is 0 Å². The number of cyclic esters (lactones) is 1. The number of nitrogens with zero attached hydrogens (tertiary/aromatic N) is 8. The van der Waals surface area contributed by atoms with Crippen LogP contribution in [-0.2, 0) is 4.74 Å². The van der Waals surface area contributed by atoms with Gasteiger partial charge in [0.05, 0.1) is 42.2 Å². The lowest BCUT2D eigenvalue weighted by molar-refractivity contribution is 0.179. The van der Waals surface area contributed by atoms with Crippen LogP contribution < -0.4 is 10.2 Å². The maximum Gasteiger partial charge on any atom is 0.417 e. The molecule has 4 heterocycles. The monoisotopic (exact) mass is 407 g/mol. The predicted octanol–water partition coefficient (Wildman–Crippen LogP) is 2.23. The average Bonchev–Trinajstić information content (AvgIpc) is 3.35. The Kier molecular flexibility index (Phi) is 5.09. The maximum absolute atomic E-state index is 12.2. The summed E-state index contributed by atoms with van der Waals surface area (Å²) in [4.78, 5) is 31.1. The van der Waals surface area contributed by atoms with Crippen LogP contribution in [-0.4, -0.2) is 53.4 Å². The third-order valence-corrected chi connectivity index (χ3v) is 4.65. The molecule has 0 unspecified atom stereocenters. The van der Waals surface area contributed by atoms with Gasteiger partial charge >= 0.3 is 6.09 Å². The quantitative estimate of drug-likeness (QED) is 0.612. The second-order valence-electron chi connectivity index (χ2n) is 6.99. The van der Waals surface area contributed by atoms with Gasteiger partial charge in [-0.3, -0.25) is 0 Å². The Morgan fingerprint density at radius 2 is 2.17 bits per heavy atom. The summed E-state index contributed by atoms with van der Waals surface area (Å²) in [6.07, 6.45) is 6.36. The third kappa shape index (κ3) is 3.81. The molecule has 3 aromatic heterocycles. The third-order valence-electron chi connectivity index (χ3n) is 4.65. The number of hydrogen-bond donors (Lipinski definition) is 1. The first-order valence-electron chi connectivity index (χ1n) is 9.34. The number of amides is 1. The lowest BCUT2D eigenvalue weighted by Crippen LogP contribution is -2.36. The summed E-state index contributed by atoms with van der Waals surface area (Å²) in [5.74, 6) is 1.04. The Hall–Kier alpha value is -3.89. The van der Waals surface area contributed by atoms with E-state index in [0.29, 0.717) is 11.8 Å². The van der Waals surface area contributed by atoms with Crippen LogP contribution in [0.3, 0.4) is 0 Å². The second kappa shape index (κ2) is 7.85. The summed E-state index contributed by atoms with van der Waals surface area (Å²) >= 11 is 0. The summed E-state index contributed by atoms with van der Waals surface area (Å²) in [6, 6.07) is 1.33. The van der Waals surface area contributed by atoms with Crippen LogP contribution in [0, 0.1) is 6.92 Å². The first-order valence-corrected chi connectivity index (χ1v) is 9.34. The molecule has 1 amide bonds. The standard InChI is InChI=1S/C19H21N9O2/c1-11(2)16-9-30-19(29)28(16)18-25-13(4)24-17(26-18)23-12(3)15-8-27(10-20-15)14-5-6-21-22-7-14/h5-8,10,12,16H,1,9H2,2-4H3,(H,23,24,25,26)/t12-,16+/m0/s1. The number of carbonyl (C=O) groups is 1. The van der Waals surface area contributed by atoms with Crippen molar-refractivity contribution in [2.75, 3.05) is 16.8 Å². The normalized spacial score (nSPS) is 17.0. The Bertz CT molecular complexity index is 1080. The SMILES string of the molecule is C=C(C)[C@H]1COC(=O)N1c1nc(C)nc(N[C@@H](C)c2cn(-c3ccnnc3)cn2)n1. The average molecular weight is 407 g/mol. The van der Waals surface area contributed by atoms with Crippen molar-refractivity contribution in [2.45, 2.75) is 32.9 Å². The van der Waals surface area contributed by atoms with Crippen molar-refractivity contribution in [2.24, 2.45) is 0 Å². The minimum absolute atomic E-state index is 0.196. The Balaban J connectivity index is 1.56. The van der Waals surface area contributed by atoms with Crippen molar-refractivity contribution in [3.63, 3.8) is 0 Å². The highest BCUT2D eigenvalue weighted by Crippen LogP contribution is 2.25. The largest absolute Gasteiger partial charge is 0.447 e. The molecule has 0 bridgehead atoms. The molecule has 0 aliphatic carbocycles. The summed E-state index contributed by atoms with van der Waals surface area (Å²) < 4.78 is 7.00. The van der Waals surface area contributed by atoms with E-state index in [2.05, 4.69) is 42.0 Å². The zero-order valence-corrected chi connectivity index (χ0v) is 16.8. The Labute approximate surface area is 172 Å². The lowest BCUT2D eigenvalue weighted by Gasteiger charge is -2.20. The van der Waals surface area contributed by atoms with Crippen LogP contribution in [0.1, 0.15) is 31.4 Å². The van der Waals surface area contributed by atoms with Crippen LogP contribution in [0.4, 0.5) is 16.7 Å². The topological polar surface area (TPSA) is 124 Å². The first kappa shape index (κ1) is 19.4. The van der Waals surface area contributed by atoms with Gasteiger partial charge in [0.2, 0.25) is 11.9 Å².